The molecule has 0 aliphatic carbocycles. The third kappa shape index (κ3) is 4.64. The van der Waals surface area contributed by atoms with Crippen LogP contribution in [0.5, 0.6) is 0 Å². The maximum absolute atomic E-state index is 13.6. The van der Waals surface area contributed by atoms with E-state index in [-0.39, 0.29) is 18.0 Å². The molecule has 1 aliphatic rings. The molecule has 2 amide bonds. The summed E-state index contributed by atoms with van der Waals surface area (Å²) in [5, 5.41) is 4.44. The molecule has 0 spiro atoms. The number of halogens is 2. The lowest BCUT2D eigenvalue weighted by molar-refractivity contribution is -0.131. The summed E-state index contributed by atoms with van der Waals surface area (Å²) < 4.78 is 26.5. The molecule has 0 atom stereocenters. The Labute approximate surface area is 154 Å². The van der Waals surface area contributed by atoms with Crippen LogP contribution in [0.15, 0.2) is 35.7 Å². The first-order valence-electron chi connectivity index (χ1n) is 8.28. The monoisotopic (exact) mass is 379 g/mol. The summed E-state index contributed by atoms with van der Waals surface area (Å²) in [4.78, 5) is 29.4. The minimum Gasteiger partial charge on any atom is -0.343 e. The van der Waals surface area contributed by atoms with E-state index in [1.807, 2.05) is 11.4 Å². The first kappa shape index (κ1) is 18.5. The lowest BCUT2D eigenvalue weighted by Crippen LogP contribution is -2.50. The average molecular weight is 379 g/mol. The highest BCUT2D eigenvalue weighted by molar-refractivity contribution is 7.09. The van der Waals surface area contributed by atoms with Gasteiger partial charge in [0.05, 0.1) is 12.1 Å². The number of amides is 2. The summed E-state index contributed by atoms with van der Waals surface area (Å²) in [5.41, 5.74) is -0.278. The number of rotatable bonds is 5. The molecule has 2 aromatic rings. The predicted molar refractivity (Wildman–Crippen MR) is 94.9 cm³/mol. The maximum atomic E-state index is 13.6. The molecular weight excluding hydrogens is 360 g/mol. The van der Waals surface area contributed by atoms with Gasteiger partial charge in [0.1, 0.15) is 11.6 Å². The molecule has 5 nitrogen and oxygen atoms in total. The van der Waals surface area contributed by atoms with Gasteiger partial charge in [-0.25, -0.2) is 8.78 Å². The average Bonchev–Trinajstić information content (AvgIpc) is 3.13. The minimum atomic E-state index is -0.947. The summed E-state index contributed by atoms with van der Waals surface area (Å²) >= 11 is 1.71. The quantitative estimate of drug-likeness (QED) is 0.866. The van der Waals surface area contributed by atoms with E-state index in [1.54, 1.807) is 16.2 Å². The second-order valence-corrected chi connectivity index (χ2v) is 7.08. The summed E-state index contributed by atoms with van der Waals surface area (Å²) in [5.74, 6) is -2.64. The largest absolute Gasteiger partial charge is 0.343 e. The number of hydrogen-bond donors (Lipinski definition) is 1. The van der Waals surface area contributed by atoms with Crippen LogP contribution < -0.4 is 5.32 Å². The predicted octanol–water partition coefficient (Wildman–Crippen LogP) is 2.10. The van der Waals surface area contributed by atoms with Crippen molar-refractivity contribution in [2.75, 3.05) is 32.7 Å². The van der Waals surface area contributed by atoms with Gasteiger partial charge in [-0.2, -0.15) is 0 Å². The second-order valence-electron chi connectivity index (χ2n) is 6.04. The Morgan fingerprint density at radius 3 is 2.54 bits per heavy atom. The number of carbonyl (C=O) groups is 2. The third-order valence-electron chi connectivity index (χ3n) is 4.26. The van der Waals surface area contributed by atoms with Crippen molar-refractivity contribution in [1.29, 1.82) is 0 Å². The van der Waals surface area contributed by atoms with E-state index in [2.05, 4.69) is 16.3 Å². The molecule has 0 bridgehead atoms. The van der Waals surface area contributed by atoms with Crippen molar-refractivity contribution in [2.24, 2.45) is 0 Å². The van der Waals surface area contributed by atoms with Crippen LogP contribution in [0.1, 0.15) is 15.2 Å². The minimum absolute atomic E-state index is 0.208. The molecule has 3 rings (SSSR count). The molecule has 26 heavy (non-hydrogen) atoms. The van der Waals surface area contributed by atoms with Gasteiger partial charge in [-0.3, -0.25) is 14.5 Å². The van der Waals surface area contributed by atoms with Crippen molar-refractivity contribution in [3.05, 3.63) is 57.8 Å². The van der Waals surface area contributed by atoms with Crippen LogP contribution in [0, 0.1) is 11.6 Å². The topological polar surface area (TPSA) is 52.7 Å². The number of piperazine rings is 1. The fraction of sp³-hybridized carbons (Fsp3) is 0.333. The highest BCUT2D eigenvalue weighted by Gasteiger charge is 2.22. The van der Waals surface area contributed by atoms with Crippen LogP contribution in [-0.4, -0.2) is 54.3 Å². The van der Waals surface area contributed by atoms with Crippen molar-refractivity contribution < 1.29 is 18.4 Å². The van der Waals surface area contributed by atoms with E-state index in [0.29, 0.717) is 19.2 Å². The fourth-order valence-corrected chi connectivity index (χ4v) is 3.56. The van der Waals surface area contributed by atoms with Gasteiger partial charge in [-0.1, -0.05) is 6.07 Å². The Balaban J connectivity index is 1.44. The Morgan fingerprint density at radius 1 is 1.12 bits per heavy atom. The lowest BCUT2D eigenvalue weighted by Gasteiger charge is -2.34. The summed E-state index contributed by atoms with van der Waals surface area (Å²) in [6, 6.07) is 6.82. The van der Waals surface area contributed by atoms with Crippen molar-refractivity contribution in [3.63, 3.8) is 0 Å². The van der Waals surface area contributed by atoms with Gasteiger partial charge in [0, 0.05) is 43.7 Å². The van der Waals surface area contributed by atoms with Crippen LogP contribution in [0.2, 0.25) is 0 Å². The van der Waals surface area contributed by atoms with Gasteiger partial charge in [0.15, 0.2) is 0 Å². The number of thiophene rings is 1. The number of carbonyl (C=O) groups excluding carboxylic acids is 2. The van der Waals surface area contributed by atoms with Crippen molar-refractivity contribution in [3.8, 4) is 0 Å². The smallest absolute Gasteiger partial charge is 0.254 e. The standard InChI is InChI=1S/C18H19F2N3O2S/c19-13-3-4-15(16(20)10-13)18(25)21-11-17(24)23-7-5-22(6-8-23)12-14-2-1-9-26-14/h1-4,9-10H,5-8,11-12H2,(H,21,25). The zero-order valence-electron chi connectivity index (χ0n) is 14.1. The fourth-order valence-electron chi connectivity index (χ4n) is 2.81. The number of benzene rings is 1. The van der Waals surface area contributed by atoms with Gasteiger partial charge in [-0.05, 0) is 23.6 Å². The van der Waals surface area contributed by atoms with E-state index in [4.69, 9.17) is 0 Å². The molecule has 1 aromatic heterocycles. The first-order valence-corrected chi connectivity index (χ1v) is 9.16. The summed E-state index contributed by atoms with van der Waals surface area (Å²) in [6.07, 6.45) is 0. The molecule has 1 fully saturated rings. The SMILES string of the molecule is O=C(NCC(=O)N1CCN(Cc2cccs2)CC1)c1ccc(F)cc1F. The molecule has 0 radical (unpaired) electrons. The first-order chi connectivity index (χ1) is 12.5. The molecule has 1 saturated heterocycles. The zero-order chi connectivity index (χ0) is 18.5. The second kappa shape index (κ2) is 8.37. The van der Waals surface area contributed by atoms with E-state index in [1.165, 1.54) is 4.88 Å². The highest BCUT2D eigenvalue weighted by atomic mass is 32.1. The van der Waals surface area contributed by atoms with Crippen molar-refractivity contribution in [1.82, 2.24) is 15.1 Å². The highest BCUT2D eigenvalue weighted by Crippen LogP contribution is 2.13. The molecule has 1 aliphatic heterocycles. The Morgan fingerprint density at radius 2 is 1.88 bits per heavy atom. The van der Waals surface area contributed by atoms with Gasteiger partial charge < -0.3 is 10.2 Å². The van der Waals surface area contributed by atoms with Crippen LogP contribution in [0.4, 0.5) is 8.78 Å². The molecule has 8 heteroatoms. The maximum Gasteiger partial charge on any atom is 0.254 e. The van der Waals surface area contributed by atoms with Crippen LogP contribution >= 0.6 is 11.3 Å². The van der Waals surface area contributed by atoms with Crippen LogP contribution in [0.3, 0.4) is 0 Å². The molecule has 0 saturated carbocycles. The number of nitrogens with zero attached hydrogens (tertiary/aromatic N) is 2. The van der Waals surface area contributed by atoms with Crippen LogP contribution in [-0.2, 0) is 11.3 Å². The van der Waals surface area contributed by atoms with Gasteiger partial charge in [0.25, 0.3) is 5.91 Å². The summed E-state index contributed by atoms with van der Waals surface area (Å²) in [6.45, 7) is 3.38. The van der Waals surface area contributed by atoms with Gasteiger partial charge in [-0.15, -0.1) is 11.3 Å². The third-order valence-corrected chi connectivity index (χ3v) is 5.12. The summed E-state index contributed by atoms with van der Waals surface area (Å²) in [7, 11) is 0. The van der Waals surface area contributed by atoms with E-state index < -0.39 is 17.5 Å². The molecule has 1 N–H and O–H groups in total. The normalized spacial score (nSPS) is 15.1. The number of nitrogens with one attached hydrogen (secondary N) is 1. The molecule has 0 unspecified atom stereocenters. The van der Waals surface area contributed by atoms with E-state index in [9.17, 15) is 18.4 Å². The number of hydrogen-bond acceptors (Lipinski definition) is 4. The van der Waals surface area contributed by atoms with Gasteiger partial charge in [0.2, 0.25) is 5.91 Å². The Bertz CT molecular complexity index is 775. The van der Waals surface area contributed by atoms with Gasteiger partial charge >= 0.3 is 0 Å². The lowest BCUT2D eigenvalue weighted by atomic mass is 10.2. The molecule has 138 valence electrons. The van der Waals surface area contributed by atoms with E-state index in [0.717, 1.165) is 31.8 Å². The molecule has 1 aromatic carbocycles. The van der Waals surface area contributed by atoms with Crippen molar-refractivity contribution in [2.45, 2.75) is 6.54 Å². The molecular formula is C18H19F2N3O2S. The molecule has 2 heterocycles. The zero-order valence-corrected chi connectivity index (χ0v) is 14.9. The Hall–Kier alpha value is -2.32. The van der Waals surface area contributed by atoms with E-state index >= 15 is 0 Å². The van der Waals surface area contributed by atoms with Crippen LogP contribution in [0.25, 0.3) is 0 Å². The Kier molecular flexibility index (Phi) is 5.95. The van der Waals surface area contributed by atoms with Crippen molar-refractivity contribution >= 4 is 23.2 Å².